The van der Waals surface area contributed by atoms with Crippen LogP contribution >= 0.6 is 11.6 Å². The molecule has 0 heterocycles. The highest BCUT2D eigenvalue weighted by Gasteiger charge is 2.23. The van der Waals surface area contributed by atoms with Crippen LogP contribution in [0.3, 0.4) is 0 Å². The van der Waals surface area contributed by atoms with Gasteiger partial charge in [0.25, 0.3) is 0 Å². The number of aliphatic hydroxyl groups is 1. The van der Waals surface area contributed by atoms with E-state index < -0.39 is 5.60 Å². The molecule has 2 aromatic carbocycles. The molecule has 0 amide bonds. The van der Waals surface area contributed by atoms with Gasteiger partial charge < -0.3 is 5.11 Å². The van der Waals surface area contributed by atoms with E-state index in [0.29, 0.717) is 11.4 Å². The van der Waals surface area contributed by atoms with Crippen molar-refractivity contribution in [2.75, 3.05) is 0 Å². The van der Waals surface area contributed by atoms with Gasteiger partial charge in [0.2, 0.25) is 0 Å². The predicted molar refractivity (Wildman–Crippen MR) is 79.9 cm³/mol. The van der Waals surface area contributed by atoms with Gasteiger partial charge in [-0.05, 0) is 35.2 Å². The van der Waals surface area contributed by atoms with Crippen molar-refractivity contribution in [1.82, 2.24) is 0 Å². The minimum Gasteiger partial charge on any atom is -0.373 e. The second kappa shape index (κ2) is 5.48. The number of hydrogen-bond donors (Lipinski definition) is 1. The Balaban J connectivity index is 2.34. The highest BCUT2D eigenvalue weighted by molar-refractivity contribution is 6.30. The molecule has 2 aromatic rings. The van der Waals surface area contributed by atoms with Crippen LogP contribution in [0.15, 0.2) is 48.5 Å². The maximum atomic E-state index is 10.2. The van der Waals surface area contributed by atoms with Crippen molar-refractivity contribution in [3.63, 3.8) is 0 Å². The molecule has 96 valence electrons. The van der Waals surface area contributed by atoms with Crippen molar-refractivity contribution < 1.29 is 5.11 Å². The fourth-order valence-corrected chi connectivity index (χ4v) is 2.10. The Morgan fingerprint density at radius 1 is 1.05 bits per heavy atom. The Labute approximate surface area is 118 Å². The lowest BCUT2D eigenvalue weighted by molar-refractivity contribution is 0.0962. The monoisotopic (exact) mass is 270 g/mol. The summed E-state index contributed by atoms with van der Waals surface area (Å²) >= 11 is 5.87. The van der Waals surface area contributed by atoms with Gasteiger partial charge in [0.05, 0.1) is 0 Å². The molecule has 0 aliphatic carbocycles. The van der Waals surface area contributed by atoms with E-state index in [1.54, 1.807) is 0 Å². The van der Waals surface area contributed by atoms with Gasteiger partial charge in [-0.1, -0.05) is 60.8 Å². The van der Waals surface area contributed by atoms with E-state index in [9.17, 15) is 5.11 Å². The third-order valence-electron chi connectivity index (χ3n) is 3.29. The van der Waals surface area contributed by atoms with Crippen molar-refractivity contribution in [2.24, 2.45) is 0 Å². The lowest BCUT2D eigenvalue weighted by atomic mass is 9.90. The molecular formula is C17H15ClO. The lowest BCUT2D eigenvalue weighted by Gasteiger charge is -2.20. The molecule has 0 aliphatic rings. The van der Waals surface area contributed by atoms with Gasteiger partial charge in [-0.25, -0.2) is 0 Å². The number of terminal acetylenes is 1. The number of halogens is 1. The average molecular weight is 271 g/mol. The van der Waals surface area contributed by atoms with Crippen LogP contribution in [0.2, 0.25) is 5.02 Å². The van der Waals surface area contributed by atoms with E-state index in [-0.39, 0.29) is 0 Å². The first kappa shape index (κ1) is 13.7. The molecule has 0 saturated carbocycles. The van der Waals surface area contributed by atoms with Crippen LogP contribution in [0.4, 0.5) is 0 Å². The topological polar surface area (TPSA) is 20.2 Å². The first-order valence-electron chi connectivity index (χ1n) is 6.15. The molecule has 1 nitrogen and oxygen atoms in total. The predicted octanol–water partition coefficient (Wildman–Crippen LogP) is 4.24. The van der Waals surface area contributed by atoms with Gasteiger partial charge in [0.1, 0.15) is 5.60 Å². The van der Waals surface area contributed by atoms with E-state index in [1.165, 1.54) is 0 Å². The summed E-state index contributed by atoms with van der Waals surface area (Å²) in [4.78, 5) is 0. The van der Waals surface area contributed by atoms with Gasteiger partial charge in [0, 0.05) is 5.02 Å². The van der Waals surface area contributed by atoms with E-state index >= 15 is 0 Å². The van der Waals surface area contributed by atoms with E-state index in [2.05, 4.69) is 5.92 Å². The SMILES string of the molecule is C#CC(O)(CC)c1ccc(-c2ccc(Cl)cc2)cc1. The number of benzene rings is 2. The van der Waals surface area contributed by atoms with Crippen LogP contribution in [-0.2, 0) is 5.60 Å². The van der Waals surface area contributed by atoms with E-state index in [4.69, 9.17) is 18.0 Å². The summed E-state index contributed by atoms with van der Waals surface area (Å²) < 4.78 is 0. The molecule has 0 saturated heterocycles. The molecule has 0 aromatic heterocycles. The van der Waals surface area contributed by atoms with Crippen LogP contribution in [0.5, 0.6) is 0 Å². The quantitative estimate of drug-likeness (QED) is 0.827. The zero-order chi connectivity index (χ0) is 13.9. The zero-order valence-electron chi connectivity index (χ0n) is 10.7. The Bertz CT molecular complexity index is 593. The second-order valence-electron chi connectivity index (χ2n) is 4.44. The molecule has 0 spiro atoms. The summed E-state index contributed by atoms with van der Waals surface area (Å²) in [5, 5.41) is 11.0. The standard InChI is InChI=1S/C17H15ClO/c1-3-17(19,4-2)15-9-5-13(6-10-15)14-7-11-16(18)12-8-14/h1,5-12,19H,4H2,2H3. The zero-order valence-corrected chi connectivity index (χ0v) is 11.5. The van der Waals surface area contributed by atoms with E-state index in [1.807, 2.05) is 55.5 Å². The fourth-order valence-electron chi connectivity index (χ4n) is 1.97. The maximum absolute atomic E-state index is 10.2. The van der Waals surface area contributed by atoms with Crippen molar-refractivity contribution in [2.45, 2.75) is 18.9 Å². The summed E-state index contributed by atoms with van der Waals surface area (Å²) in [6.45, 7) is 1.87. The minimum atomic E-state index is -1.18. The molecule has 0 bridgehead atoms. The molecule has 19 heavy (non-hydrogen) atoms. The van der Waals surface area contributed by atoms with Gasteiger partial charge in [-0.3, -0.25) is 0 Å². The molecule has 0 radical (unpaired) electrons. The summed E-state index contributed by atoms with van der Waals surface area (Å²) in [7, 11) is 0. The van der Waals surface area contributed by atoms with Crippen molar-refractivity contribution >= 4 is 11.6 Å². The highest BCUT2D eigenvalue weighted by Crippen LogP contribution is 2.27. The number of rotatable bonds is 3. The molecule has 0 aliphatic heterocycles. The van der Waals surface area contributed by atoms with E-state index in [0.717, 1.165) is 16.7 Å². The van der Waals surface area contributed by atoms with Crippen LogP contribution in [0, 0.1) is 12.3 Å². The summed E-state index contributed by atoms with van der Waals surface area (Å²) in [6, 6.07) is 15.3. The molecule has 2 heteroatoms. The van der Waals surface area contributed by atoms with Gasteiger partial charge in [-0.15, -0.1) is 6.42 Å². The third-order valence-corrected chi connectivity index (χ3v) is 3.54. The highest BCUT2D eigenvalue weighted by atomic mass is 35.5. The Hall–Kier alpha value is -1.75. The largest absolute Gasteiger partial charge is 0.373 e. The molecule has 1 atom stereocenters. The molecule has 1 unspecified atom stereocenters. The second-order valence-corrected chi connectivity index (χ2v) is 4.88. The maximum Gasteiger partial charge on any atom is 0.150 e. The summed E-state index contributed by atoms with van der Waals surface area (Å²) in [6.07, 6.45) is 5.89. The lowest BCUT2D eigenvalue weighted by Crippen LogP contribution is -2.21. The normalized spacial score (nSPS) is 13.6. The average Bonchev–Trinajstić information content (AvgIpc) is 2.47. The molecule has 0 fully saturated rings. The van der Waals surface area contributed by atoms with Crippen LogP contribution in [-0.4, -0.2) is 5.11 Å². The number of hydrogen-bond acceptors (Lipinski definition) is 1. The third kappa shape index (κ3) is 2.81. The van der Waals surface area contributed by atoms with Gasteiger partial charge in [0.15, 0.2) is 0 Å². The van der Waals surface area contributed by atoms with Gasteiger partial charge in [-0.2, -0.15) is 0 Å². The molecular weight excluding hydrogens is 256 g/mol. The first-order valence-corrected chi connectivity index (χ1v) is 6.53. The molecule has 2 rings (SSSR count). The van der Waals surface area contributed by atoms with Crippen LogP contribution in [0.25, 0.3) is 11.1 Å². The fraction of sp³-hybridized carbons (Fsp3) is 0.176. The summed E-state index contributed by atoms with van der Waals surface area (Å²) in [5.41, 5.74) is 1.71. The Kier molecular flexibility index (Phi) is 3.95. The van der Waals surface area contributed by atoms with Crippen LogP contribution in [0.1, 0.15) is 18.9 Å². The first-order chi connectivity index (χ1) is 9.09. The Morgan fingerprint density at radius 2 is 1.53 bits per heavy atom. The van der Waals surface area contributed by atoms with Crippen molar-refractivity contribution in [3.05, 3.63) is 59.1 Å². The molecule has 1 N–H and O–H groups in total. The van der Waals surface area contributed by atoms with Crippen molar-refractivity contribution in [3.8, 4) is 23.5 Å². The Morgan fingerprint density at radius 3 is 1.95 bits per heavy atom. The summed E-state index contributed by atoms with van der Waals surface area (Å²) in [5.74, 6) is 2.45. The van der Waals surface area contributed by atoms with Crippen LogP contribution < -0.4 is 0 Å². The smallest absolute Gasteiger partial charge is 0.150 e. The van der Waals surface area contributed by atoms with Gasteiger partial charge >= 0.3 is 0 Å². The minimum absolute atomic E-state index is 0.490. The van der Waals surface area contributed by atoms with Crippen molar-refractivity contribution in [1.29, 1.82) is 0 Å².